The van der Waals surface area contributed by atoms with Crippen LogP contribution in [0.25, 0.3) is 5.69 Å². The second-order valence-corrected chi connectivity index (χ2v) is 3.26. The van der Waals surface area contributed by atoms with E-state index in [1.165, 1.54) is 18.5 Å². The molecule has 0 aliphatic carbocycles. The Morgan fingerprint density at radius 2 is 2.20 bits per heavy atom. The highest BCUT2D eigenvalue weighted by Crippen LogP contribution is 2.14. The highest BCUT2D eigenvalue weighted by atomic mass is 19.1. The van der Waals surface area contributed by atoms with Crippen LogP contribution in [-0.4, -0.2) is 19.9 Å². The third kappa shape index (κ3) is 1.87. The molecule has 0 saturated heterocycles. The fourth-order valence-corrected chi connectivity index (χ4v) is 1.44. The molecule has 1 heterocycles. The summed E-state index contributed by atoms with van der Waals surface area (Å²) < 4.78 is 14.7. The molecule has 0 radical (unpaired) electrons. The third-order valence-electron chi connectivity index (χ3n) is 2.06. The van der Waals surface area contributed by atoms with Crippen molar-refractivity contribution in [3.05, 3.63) is 41.7 Å². The number of hydrogen-bond donors (Lipinski definition) is 1. The zero-order valence-corrected chi connectivity index (χ0v) is 8.18. The maximum atomic E-state index is 13.1. The average Bonchev–Trinajstić information content (AvgIpc) is 2.63. The van der Waals surface area contributed by atoms with Crippen LogP contribution in [-0.2, 0) is 6.61 Å². The van der Waals surface area contributed by atoms with Crippen molar-refractivity contribution in [1.82, 2.24) is 14.8 Å². The van der Waals surface area contributed by atoms with Gasteiger partial charge in [0.25, 0.3) is 0 Å². The van der Waals surface area contributed by atoms with E-state index in [9.17, 15) is 4.39 Å². The van der Waals surface area contributed by atoms with Crippen LogP contribution in [0.2, 0.25) is 0 Å². The first-order valence-electron chi connectivity index (χ1n) is 4.48. The van der Waals surface area contributed by atoms with Gasteiger partial charge in [0.2, 0.25) is 0 Å². The van der Waals surface area contributed by atoms with E-state index < -0.39 is 0 Å². The van der Waals surface area contributed by atoms with Gasteiger partial charge in [-0.1, -0.05) is 0 Å². The van der Waals surface area contributed by atoms with Gasteiger partial charge in [-0.3, -0.25) is 4.57 Å². The number of rotatable bonds is 2. The monoisotopic (exact) mass is 207 g/mol. The normalized spacial score (nSPS) is 10.6. The van der Waals surface area contributed by atoms with Gasteiger partial charge in [0.1, 0.15) is 18.8 Å². The molecule has 0 spiro atoms. The second kappa shape index (κ2) is 3.78. The number of aryl methyl sites for hydroxylation is 1. The van der Waals surface area contributed by atoms with Gasteiger partial charge in [-0.25, -0.2) is 4.39 Å². The van der Waals surface area contributed by atoms with E-state index in [1.54, 1.807) is 17.6 Å². The highest BCUT2D eigenvalue weighted by molar-refractivity contribution is 5.36. The minimum absolute atomic E-state index is 0.227. The van der Waals surface area contributed by atoms with E-state index in [2.05, 4.69) is 10.2 Å². The van der Waals surface area contributed by atoms with Crippen LogP contribution in [0.1, 0.15) is 11.4 Å². The molecule has 2 aromatic rings. The number of hydrogen-bond acceptors (Lipinski definition) is 3. The van der Waals surface area contributed by atoms with Gasteiger partial charge in [0.15, 0.2) is 5.82 Å². The number of nitrogens with zero attached hydrogens (tertiary/aromatic N) is 3. The van der Waals surface area contributed by atoms with Crippen LogP contribution in [0.5, 0.6) is 0 Å². The van der Waals surface area contributed by atoms with Gasteiger partial charge < -0.3 is 5.11 Å². The molecule has 0 amide bonds. The van der Waals surface area contributed by atoms with Crippen molar-refractivity contribution >= 4 is 0 Å². The molecule has 0 unspecified atom stereocenters. The summed E-state index contributed by atoms with van der Waals surface area (Å²) in [5, 5.41) is 16.4. The molecule has 4 nitrogen and oxygen atoms in total. The molecular formula is C10H10FN3O. The van der Waals surface area contributed by atoms with Crippen LogP contribution < -0.4 is 0 Å². The van der Waals surface area contributed by atoms with Crippen molar-refractivity contribution in [2.75, 3.05) is 0 Å². The summed E-state index contributed by atoms with van der Waals surface area (Å²) in [7, 11) is 0. The van der Waals surface area contributed by atoms with Crippen LogP contribution in [0, 0.1) is 12.7 Å². The van der Waals surface area contributed by atoms with Crippen LogP contribution in [0.15, 0.2) is 24.5 Å². The minimum Gasteiger partial charge on any atom is -0.388 e. The first-order valence-corrected chi connectivity index (χ1v) is 4.48. The quantitative estimate of drug-likeness (QED) is 0.805. The Morgan fingerprint density at radius 1 is 1.40 bits per heavy atom. The number of aliphatic hydroxyl groups is 1. The lowest BCUT2D eigenvalue weighted by molar-refractivity contribution is 0.269. The lowest BCUT2D eigenvalue weighted by Crippen LogP contribution is -2.00. The van der Waals surface area contributed by atoms with Crippen LogP contribution >= 0.6 is 0 Å². The summed E-state index contributed by atoms with van der Waals surface area (Å²) in [5.74, 6) is 0.0718. The van der Waals surface area contributed by atoms with Crippen LogP contribution in [0.4, 0.5) is 4.39 Å². The molecule has 0 saturated carbocycles. The zero-order chi connectivity index (χ0) is 10.8. The predicted octanol–water partition coefficient (Wildman–Crippen LogP) is 1.21. The van der Waals surface area contributed by atoms with E-state index in [-0.39, 0.29) is 12.4 Å². The SMILES string of the molecule is Cc1cc(F)cc(-n2cnnc2CO)c1. The molecule has 78 valence electrons. The molecule has 15 heavy (non-hydrogen) atoms. The second-order valence-electron chi connectivity index (χ2n) is 3.26. The summed E-state index contributed by atoms with van der Waals surface area (Å²) in [6.45, 7) is 1.57. The number of halogens is 1. The molecule has 1 N–H and O–H groups in total. The summed E-state index contributed by atoms with van der Waals surface area (Å²) >= 11 is 0. The number of aromatic nitrogens is 3. The minimum atomic E-state index is -0.317. The number of aliphatic hydroxyl groups excluding tert-OH is 1. The van der Waals surface area contributed by atoms with E-state index >= 15 is 0 Å². The first-order chi connectivity index (χ1) is 7.20. The van der Waals surface area contributed by atoms with Gasteiger partial charge in [0.05, 0.1) is 5.69 Å². The Hall–Kier alpha value is -1.75. The van der Waals surface area contributed by atoms with E-state index in [0.29, 0.717) is 11.5 Å². The molecule has 2 rings (SSSR count). The van der Waals surface area contributed by atoms with Gasteiger partial charge in [-0.15, -0.1) is 10.2 Å². The Kier molecular flexibility index (Phi) is 2.47. The maximum Gasteiger partial charge on any atom is 0.163 e. The number of benzene rings is 1. The summed E-state index contributed by atoms with van der Waals surface area (Å²) in [6, 6.07) is 4.60. The molecular weight excluding hydrogens is 197 g/mol. The third-order valence-corrected chi connectivity index (χ3v) is 2.06. The maximum absolute atomic E-state index is 13.1. The van der Waals surface area contributed by atoms with Gasteiger partial charge in [0, 0.05) is 0 Å². The van der Waals surface area contributed by atoms with E-state index in [1.807, 2.05) is 0 Å². The summed E-state index contributed by atoms with van der Waals surface area (Å²) in [4.78, 5) is 0. The molecule has 0 atom stereocenters. The predicted molar refractivity (Wildman–Crippen MR) is 52.0 cm³/mol. The molecule has 0 aliphatic heterocycles. The topological polar surface area (TPSA) is 50.9 Å². The van der Waals surface area contributed by atoms with Crippen molar-refractivity contribution in [2.45, 2.75) is 13.5 Å². The summed E-state index contributed by atoms with van der Waals surface area (Å²) in [6.07, 6.45) is 1.44. The first kappa shape index (κ1) is 9.79. The molecule has 1 aromatic heterocycles. The Balaban J connectivity index is 2.53. The molecule has 1 aromatic carbocycles. The zero-order valence-electron chi connectivity index (χ0n) is 8.18. The lowest BCUT2D eigenvalue weighted by Gasteiger charge is -2.05. The largest absolute Gasteiger partial charge is 0.388 e. The molecule has 5 heteroatoms. The molecule has 0 bridgehead atoms. The summed E-state index contributed by atoms with van der Waals surface area (Å²) in [5.41, 5.74) is 1.42. The van der Waals surface area contributed by atoms with Crippen molar-refractivity contribution in [2.24, 2.45) is 0 Å². The van der Waals surface area contributed by atoms with Crippen LogP contribution in [0.3, 0.4) is 0 Å². The molecule has 0 fully saturated rings. The Morgan fingerprint density at radius 3 is 2.87 bits per heavy atom. The lowest BCUT2D eigenvalue weighted by atomic mass is 10.2. The standard InChI is InChI=1S/C10H10FN3O/c1-7-2-8(11)4-9(3-7)14-6-12-13-10(14)5-15/h2-4,6,15H,5H2,1H3. The van der Waals surface area contributed by atoms with Crippen molar-refractivity contribution in [1.29, 1.82) is 0 Å². The highest BCUT2D eigenvalue weighted by Gasteiger charge is 2.06. The van der Waals surface area contributed by atoms with E-state index in [4.69, 9.17) is 5.11 Å². The van der Waals surface area contributed by atoms with Gasteiger partial charge >= 0.3 is 0 Å². The van der Waals surface area contributed by atoms with E-state index in [0.717, 1.165) is 5.56 Å². The molecule has 0 aliphatic rings. The fourth-order valence-electron chi connectivity index (χ4n) is 1.44. The Bertz CT molecular complexity index is 461. The van der Waals surface area contributed by atoms with Crippen molar-refractivity contribution in [3.8, 4) is 5.69 Å². The smallest absolute Gasteiger partial charge is 0.163 e. The van der Waals surface area contributed by atoms with Gasteiger partial charge in [-0.05, 0) is 30.7 Å². The van der Waals surface area contributed by atoms with Gasteiger partial charge in [-0.2, -0.15) is 0 Å². The Labute approximate surface area is 86.0 Å². The van der Waals surface area contributed by atoms with Crippen molar-refractivity contribution in [3.63, 3.8) is 0 Å². The average molecular weight is 207 g/mol. The van der Waals surface area contributed by atoms with Crippen molar-refractivity contribution < 1.29 is 9.50 Å². The fraction of sp³-hybridized carbons (Fsp3) is 0.200.